The quantitative estimate of drug-likeness (QED) is 0.701. The van der Waals surface area contributed by atoms with Gasteiger partial charge >= 0.3 is 0 Å². The van der Waals surface area contributed by atoms with E-state index in [1.54, 1.807) is 30.1 Å². The SMILES string of the molecule is O=C(Cc1ccco1)c1cncs1. The van der Waals surface area contributed by atoms with Crippen LogP contribution in [0.4, 0.5) is 0 Å². The number of ketones is 1. The highest BCUT2D eigenvalue weighted by Gasteiger charge is 2.09. The number of Topliss-reactive ketones (excluding diaryl/α,β-unsaturated/α-hetero) is 1. The predicted octanol–water partition coefficient (Wildman–Crippen LogP) is 2.16. The van der Waals surface area contributed by atoms with Gasteiger partial charge in [0.25, 0.3) is 0 Å². The summed E-state index contributed by atoms with van der Waals surface area (Å²) in [4.78, 5) is 16.0. The summed E-state index contributed by atoms with van der Waals surface area (Å²) in [5.41, 5.74) is 1.65. The summed E-state index contributed by atoms with van der Waals surface area (Å²) < 4.78 is 5.07. The fourth-order valence-electron chi connectivity index (χ4n) is 1.01. The minimum absolute atomic E-state index is 0.0532. The van der Waals surface area contributed by atoms with E-state index in [-0.39, 0.29) is 5.78 Å². The molecule has 0 aliphatic rings. The molecule has 0 radical (unpaired) electrons. The van der Waals surface area contributed by atoms with Crippen LogP contribution >= 0.6 is 11.3 Å². The summed E-state index contributed by atoms with van der Waals surface area (Å²) in [5.74, 6) is 0.746. The smallest absolute Gasteiger partial charge is 0.181 e. The maximum absolute atomic E-state index is 11.5. The van der Waals surface area contributed by atoms with Crippen LogP contribution < -0.4 is 0 Å². The van der Waals surface area contributed by atoms with Crippen LogP contribution in [0.5, 0.6) is 0 Å². The van der Waals surface area contributed by atoms with Gasteiger partial charge in [0.05, 0.1) is 23.1 Å². The molecule has 0 bridgehead atoms. The summed E-state index contributed by atoms with van der Waals surface area (Å²) >= 11 is 1.35. The lowest BCUT2D eigenvalue weighted by molar-refractivity contribution is 0.0990. The average molecular weight is 193 g/mol. The first-order valence-corrected chi connectivity index (χ1v) is 4.68. The molecule has 66 valence electrons. The van der Waals surface area contributed by atoms with Crippen LogP contribution in [0.15, 0.2) is 34.5 Å². The van der Waals surface area contributed by atoms with Crippen molar-refractivity contribution >= 4 is 17.1 Å². The Morgan fingerprint density at radius 2 is 2.54 bits per heavy atom. The normalized spacial score (nSPS) is 10.2. The first kappa shape index (κ1) is 8.19. The Balaban J connectivity index is 2.08. The van der Waals surface area contributed by atoms with Crippen molar-refractivity contribution in [2.24, 2.45) is 0 Å². The minimum atomic E-state index is 0.0532. The van der Waals surface area contributed by atoms with Gasteiger partial charge in [0, 0.05) is 6.20 Å². The summed E-state index contributed by atoms with van der Waals surface area (Å²) in [7, 11) is 0. The van der Waals surface area contributed by atoms with Crippen molar-refractivity contribution in [2.75, 3.05) is 0 Å². The first-order valence-electron chi connectivity index (χ1n) is 3.80. The predicted molar refractivity (Wildman–Crippen MR) is 48.9 cm³/mol. The number of furan rings is 1. The zero-order chi connectivity index (χ0) is 9.10. The molecule has 0 spiro atoms. The Labute approximate surface area is 79.0 Å². The molecule has 0 fully saturated rings. The molecule has 0 atom stereocenters. The lowest BCUT2D eigenvalue weighted by atomic mass is 10.2. The molecule has 0 N–H and O–H groups in total. The Bertz CT molecular complexity index is 378. The molecule has 4 heteroatoms. The number of carbonyl (C=O) groups is 1. The first-order chi connectivity index (χ1) is 6.36. The number of thiazole rings is 1. The van der Waals surface area contributed by atoms with Gasteiger partial charge < -0.3 is 4.42 Å². The molecule has 2 heterocycles. The molecular formula is C9H7NO2S. The van der Waals surface area contributed by atoms with Gasteiger partial charge in [0.15, 0.2) is 5.78 Å². The molecule has 3 nitrogen and oxygen atoms in total. The highest BCUT2D eigenvalue weighted by molar-refractivity contribution is 7.11. The van der Waals surface area contributed by atoms with E-state index in [0.29, 0.717) is 17.1 Å². The molecule has 0 unspecified atom stereocenters. The monoisotopic (exact) mass is 193 g/mol. The van der Waals surface area contributed by atoms with E-state index in [2.05, 4.69) is 4.98 Å². The van der Waals surface area contributed by atoms with E-state index in [1.165, 1.54) is 11.3 Å². The maximum Gasteiger partial charge on any atom is 0.181 e. The van der Waals surface area contributed by atoms with Gasteiger partial charge in [-0.05, 0) is 12.1 Å². The lowest BCUT2D eigenvalue weighted by Gasteiger charge is -1.92. The van der Waals surface area contributed by atoms with Crippen LogP contribution in [0, 0.1) is 0 Å². The highest BCUT2D eigenvalue weighted by Crippen LogP contribution is 2.11. The molecule has 2 aromatic heterocycles. The molecule has 0 aliphatic heterocycles. The van der Waals surface area contributed by atoms with Gasteiger partial charge in [-0.25, -0.2) is 0 Å². The number of rotatable bonds is 3. The largest absolute Gasteiger partial charge is 0.469 e. The molecule has 0 amide bonds. The van der Waals surface area contributed by atoms with Crippen LogP contribution in [0.25, 0.3) is 0 Å². The van der Waals surface area contributed by atoms with Gasteiger partial charge in [-0.15, -0.1) is 11.3 Å². The number of aromatic nitrogens is 1. The third-order valence-corrected chi connectivity index (χ3v) is 2.44. The van der Waals surface area contributed by atoms with Crippen LogP contribution in [0.3, 0.4) is 0 Å². The maximum atomic E-state index is 11.5. The highest BCUT2D eigenvalue weighted by atomic mass is 32.1. The molecule has 0 aliphatic carbocycles. The van der Waals surface area contributed by atoms with E-state index in [0.717, 1.165) is 0 Å². The Morgan fingerprint density at radius 3 is 3.15 bits per heavy atom. The van der Waals surface area contributed by atoms with Gasteiger partial charge in [-0.3, -0.25) is 9.78 Å². The minimum Gasteiger partial charge on any atom is -0.469 e. The second kappa shape index (κ2) is 3.53. The molecule has 0 aromatic carbocycles. The van der Waals surface area contributed by atoms with Gasteiger partial charge in [0.2, 0.25) is 0 Å². The van der Waals surface area contributed by atoms with Crippen molar-refractivity contribution in [3.05, 3.63) is 40.7 Å². The van der Waals surface area contributed by atoms with Crippen molar-refractivity contribution in [1.29, 1.82) is 0 Å². The van der Waals surface area contributed by atoms with E-state index in [9.17, 15) is 4.79 Å². The van der Waals surface area contributed by atoms with Crippen molar-refractivity contribution in [3.8, 4) is 0 Å². The van der Waals surface area contributed by atoms with Crippen LogP contribution in [-0.4, -0.2) is 10.8 Å². The molecule has 0 saturated heterocycles. The lowest BCUT2D eigenvalue weighted by Crippen LogP contribution is -1.99. The van der Waals surface area contributed by atoms with Crippen LogP contribution in [0.2, 0.25) is 0 Å². The second-order valence-corrected chi connectivity index (χ2v) is 3.43. The van der Waals surface area contributed by atoms with Gasteiger partial charge in [0.1, 0.15) is 5.76 Å². The third-order valence-electron chi connectivity index (χ3n) is 1.62. The summed E-state index contributed by atoms with van der Waals surface area (Å²) in [6.07, 6.45) is 3.46. The molecule has 0 saturated carbocycles. The topological polar surface area (TPSA) is 43.1 Å². The van der Waals surface area contributed by atoms with Crippen molar-refractivity contribution in [3.63, 3.8) is 0 Å². The summed E-state index contributed by atoms with van der Waals surface area (Å²) in [6, 6.07) is 3.56. The average Bonchev–Trinajstić information content (AvgIpc) is 2.74. The molecular weight excluding hydrogens is 186 g/mol. The van der Waals surface area contributed by atoms with Crippen LogP contribution in [-0.2, 0) is 6.42 Å². The van der Waals surface area contributed by atoms with E-state index in [1.807, 2.05) is 0 Å². The van der Waals surface area contributed by atoms with Crippen LogP contribution in [0.1, 0.15) is 15.4 Å². The number of hydrogen-bond acceptors (Lipinski definition) is 4. The fourth-order valence-corrected chi connectivity index (χ4v) is 1.57. The standard InChI is InChI=1S/C9H7NO2S/c11-8(9-5-10-6-13-9)4-7-2-1-3-12-7/h1-3,5-6H,4H2. The molecule has 2 rings (SSSR count). The summed E-state index contributed by atoms with van der Waals surface area (Å²) in [5, 5.41) is 0. The number of nitrogens with zero attached hydrogens (tertiary/aromatic N) is 1. The zero-order valence-corrected chi connectivity index (χ0v) is 7.58. The third kappa shape index (κ3) is 1.84. The van der Waals surface area contributed by atoms with Crippen molar-refractivity contribution < 1.29 is 9.21 Å². The van der Waals surface area contributed by atoms with E-state index in [4.69, 9.17) is 4.42 Å². The summed E-state index contributed by atoms with van der Waals surface area (Å²) in [6.45, 7) is 0. The Hall–Kier alpha value is -1.42. The van der Waals surface area contributed by atoms with E-state index >= 15 is 0 Å². The van der Waals surface area contributed by atoms with Gasteiger partial charge in [-0.2, -0.15) is 0 Å². The molecule has 2 aromatic rings. The zero-order valence-electron chi connectivity index (χ0n) is 6.77. The van der Waals surface area contributed by atoms with E-state index < -0.39 is 0 Å². The number of carbonyl (C=O) groups excluding carboxylic acids is 1. The fraction of sp³-hybridized carbons (Fsp3) is 0.111. The Kier molecular flexibility index (Phi) is 2.23. The van der Waals surface area contributed by atoms with Gasteiger partial charge in [-0.1, -0.05) is 0 Å². The second-order valence-electron chi connectivity index (χ2n) is 2.54. The molecule has 13 heavy (non-hydrogen) atoms. The van der Waals surface area contributed by atoms with Crippen molar-refractivity contribution in [1.82, 2.24) is 4.98 Å². The number of hydrogen-bond donors (Lipinski definition) is 0. The Morgan fingerprint density at radius 1 is 1.62 bits per heavy atom. The van der Waals surface area contributed by atoms with Crippen molar-refractivity contribution in [2.45, 2.75) is 6.42 Å².